The molecule has 1 heterocycles. The average molecular weight is 498 g/mol. The van der Waals surface area contributed by atoms with E-state index in [9.17, 15) is 23.1 Å². The standard InChI is InChI=1S/C28H23ClF3NO2/c1-2-3-20(17-4-6-19(7-5-17)27(34)35)14-22-15-21-8-11-23(28(30,31)32)16-25(21)33-26(22)18-9-12-24(29)13-10-18/h4-13,15-16,20H,2-3,14H2,1H3,(H,34,35)/t20-/m0/s1. The van der Waals surface area contributed by atoms with E-state index in [2.05, 4.69) is 11.9 Å². The highest BCUT2D eigenvalue weighted by Gasteiger charge is 2.30. The number of hydrogen-bond acceptors (Lipinski definition) is 2. The summed E-state index contributed by atoms with van der Waals surface area (Å²) in [5.74, 6) is -0.895. The monoisotopic (exact) mass is 497 g/mol. The molecule has 0 aliphatic rings. The molecule has 0 aliphatic carbocycles. The normalized spacial score (nSPS) is 12.6. The first-order valence-corrected chi connectivity index (χ1v) is 11.6. The van der Waals surface area contributed by atoms with Crippen LogP contribution in [0.4, 0.5) is 13.2 Å². The van der Waals surface area contributed by atoms with E-state index < -0.39 is 17.7 Å². The number of benzene rings is 3. The SMILES string of the molecule is CCC[C@@H](Cc1cc2ccc(C(F)(F)F)cc2nc1-c1ccc(Cl)cc1)c1ccc(C(=O)O)cc1. The lowest BCUT2D eigenvalue weighted by molar-refractivity contribution is -0.137. The van der Waals surface area contributed by atoms with Gasteiger partial charge in [-0.3, -0.25) is 0 Å². The number of hydrogen-bond donors (Lipinski definition) is 1. The van der Waals surface area contributed by atoms with Crippen molar-refractivity contribution < 1.29 is 23.1 Å². The van der Waals surface area contributed by atoms with Crippen molar-refractivity contribution in [2.45, 2.75) is 38.3 Å². The number of aromatic nitrogens is 1. The summed E-state index contributed by atoms with van der Waals surface area (Å²) in [6, 6.07) is 19.4. The van der Waals surface area contributed by atoms with Gasteiger partial charge in [0.15, 0.2) is 0 Å². The Balaban J connectivity index is 1.82. The first-order chi connectivity index (χ1) is 16.7. The lowest BCUT2D eigenvalue weighted by atomic mass is 9.86. The maximum Gasteiger partial charge on any atom is 0.416 e. The molecule has 0 amide bonds. The van der Waals surface area contributed by atoms with Crippen LogP contribution < -0.4 is 0 Å². The van der Waals surface area contributed by atoms with Gasteiger partial charge in [-0.15, -0.1) is 0 Å². The smallest absolute Gasteiger partial charge is 0.416 e. The van der Waals surface area contributed by atoms with Crippen LogP contribution in [0, 0.1) is 0 Å². The molecule has 3 aromatic carbocycles. The molecular formula is C28H23ClF3NO2. The molecule has 1 aromatic heterocycles. The fourth-order valence-electron chi connectivity index (χ4n) is 4.30. The molecule has 3 nitrogen and oxygen atoms in total. The quantitative estimate of drug-likeness (QED) is 0.279. The highest BCUT2D eigenvalue weighted by atomic mass is 35.5. The summed E-state index contributed by atoms with van der Waals surface area (Å²) in [6.07, 6.45) is -2.08. The number of rotatable bonds is 7. The van der Waals surface area contributed by atoms with Crippen LogP contribution in [-0.4, -0.2) is 16.1 Å². The van der Waals surface area contributed by atoms with Gasteiger partial charge < -0.3 is 5.11 Å². The third-order valence-corrected chi connectivity index (χ3v) is 6.33. The molecule has 7 heteroatoms. The van der Waals surface area contributed by atoms with Crippen molar-refractivity contribution in [3.8, 4) is 11.3 Å². The van der Waals surface area contributed by atoms with Crippen LogP contribution in [-0.2, 0) is 12.6 Å². The predicted octanol–water partition coefficient (Wildman–Crippen LogP) is 8.40. The summed E-state index contributed by atoms with van der Waals surface area (Å²) >= 11 is 6.06. The minimum Gasteiger partial charge on any atom is -0.478 e. The minimum atomic E-state index is -4.46. The zero-order valence-corrected chi connectivity index (χ0v) is 19.7. The van der Waals surface area contributed by atoms with Crippen LogP contribution in [0.25, 0.3) is 22.2 Å². The van der Waals surface area contributed by atoms with E-state index in [1.165, 1.54) is 6.07 Å². The number of aromatic carboxylic acids is 1. The van der Waals surface area contributed by atoms with Gasteiger partial charge >= 0.3 is 12.1 Å². The number of fused-ring (bicyclic) bond motifs is 1. The van der Waals surface area contributed by atoms with E-state index >= 15 is 0 Å². The first-order valence-electron chi connectivity index (χ1n) is 11.3. The van der Waals surface area contributed by atoms with E-state index in [1.807, 2.05) is 30.3 Å². The number of alkyl halides is 3. The average Bonchev–Trinajstić information content (AvgIpc) is 2.83. The number of carboxylic acids is 1. The summed E-state index contributed by atoms with van der Waals surface area (Å²) < 4.78 is 39.9. The molecule has 1 atom stereocenters. The van der Waals surface area contributed by atoms with Crippen LogP contribution in [0.5, 0.6) is 0 Å². The van der Waals surface area contributed by atoms with Crippen molar-refractivity contribution in [3.05, 3.63) is 100 Å². The Kier molecular flexibility index (Phi) is 7.13. The second-order valence-corrected chi connectivity index (χ2v) is 8.96. The first kappa shape index (κ1) is 24.7. The van der Waals surface area contributed by atoms with Crippen molar-refractivity contribution in [2.24, 2.45) is 0 Å². The van der Waals surface area contributed by atoms with Crippen molar-refractivity contribution >= 4 is 28.5 Å². The second-order valence-electron chi connectivity index (χ2n) is 8.53. The molecule has 0 saturated heterocycles. The highest BCUT2D eigenvalue weighted by Crippen LogP contribution is 2.35. The Hall–Kier alpha value is -3.38. The molecule has 0 radical (unpaired) electrons. The van der Waals surface area contributed by atoms with E-state index in [1.54, 1.807) is 24.3 Å². The molecule has 35 heavy (non-hydrogen) atoms. The molecule has 0 unspecified atom stereocenters. The highest BCUT2D eigenvalue weighted by molar-refractivity contribution is 6.30. The number of nitrogens with zero attached hydrogens (tertiary/aromatic N) is 1. The van der Waals surface area contributed by atoms with E-state index in [4.69, 9.17) is 11.6 Å². The van der Waals surface area contributed by atoms with Crippen LogP contribution in [0.15, 0.2) is 72.8 Å². The van der Waals surface area contributed by atoms with Gasteiger partial charge in [-0.05, 0) is 72.4 Å². The van der Waals surface area contributed by atoms with Gasteiger partial charge in [0.05, 0.1) is 22.3 Å². The second kappa shape index (κ2) is 10.1. The molecule has 180 valence electrons. The lowest BCUT2D eigenvalue weighted by Gasteiger charge is -2.20. The molecule has 1 N–H and O–H groups in total. The summed E-state index contributed by atoms with van der Waals surface area (Å²) in [6.45, 7) is 2.08. The molecule has 0 spiro atoms. The molecule has 4 rings (SSSR count). The van der Waals surface area contributed by atoms with Gasteiger partial charge in [-0.25, -0.2) is 9.78 Å². The van der Waals surface area contributed by atoms with Gasteiger partial charge in [-0.2, -0.15) is 13.2 Å². The molecule has 0 saturated carbocycles. The van der Waals surface area contributed by atoms with Crippen molar-refractivity contribution in [3.63, 3.8) is 0 Å². The number of carboxylic acid groups (broad SMARTS) is 1. The van der Waals surface area contributed by atoms with Gasteiger partial charge in [0.25, 0.3) is 0 Å². The van der Waals surface area contributed by atoms with Gasteiger partial charge in [0.1, 0.15) is 0 Å². The van der Waals surface area contributed by atoms with Crippen molar-refractivity contribution in [1.82, 2.24) is 4.98 Å². The van der Waals surface area contributed by atoms with Crippen LogP contribution >= 0.6 is 11.6 Å². The maximum atomic E-state index is 13.3. The van der Waals surface area contributed by atoms with Crippen molar-refractivity contribution in [2.75, 3.05) is 0 Å². The van der Waals surface area contributed by atoms with Crippen LogP contribution in [0.3, 0.4) is 0 Å². The molecule has 4 aromatic rings. The fraction of sp³-hybridized carbons (Fsp3) is 0.214. The van der Waals surface area contributed by atoms with Gasteiger partial charge in [0, 0.05) is 16.0 Å². The third-order valence-electron chi connectivity index (χ3n) is 6.07. The predicted molar refractivity (Wildman–Crippen MR) is 132 cm³/mol. The topological polar surface area (TPSA) is 50.2 Å². The molecular weight excluding hydrogens is 475 g/mol. The van der Waals surface area contributed by atoms with E-state index in [-0.39, 0.29) is 17.0 Å². The zero-order chi connectivity index (χ0) is 25.2. The van der Waals surface area contributed by atoms with Crippen molar-refractivity contribution in [1.29, 1.82) is 0 Å². The molecule has 0 fully saturated rings. The van der Waals surface area contributed by atoms with Gasteiger partial charge in [-0.1, -0.05) is 55.3 Å². The summed E-state index contributed by atoms with van der Waals surface area (Å²) in [5, 5.41) is 10.4. The third kappa shape index (κ3) is 5.65. The summed E-state index contributed by atoms with van der Waals surface area (Å²) in [5.41, 5.74) is 3.03. The maximum absolute atomic E-state index is 13.3. The number of pyridine rings is 1. The summed E-state index contributed by atoms with van der Waals surface area (Å²) in [4.78, 5) is 15.9. The van der Waals surface area contributed by atoms with E-state index in [0.717, 1.165) is 41.7 Å². The largest absolute Gasteiger partial charge is 0.478 e. The molecule has 0 bridgehead atoms. The van der Waals surface area contributed by atoms with Gasteiger partial charge in [0.2, 0.25) is 0 Å². The van der Waals surface area contributed by atoms with E-state index in [0.29, 0.717) is 22.5 Å². The number of carbonyl (C=O) groups is 1. The number of halogens is 4. The summed E-state index contributed by atoms with van der Waals surface area (Å²) in [7, 11) is 0. The van der Waals surface area contributed by atoms with Crippen LogP contribution in [0.2, 0.25) is 5.02 Å². The zero-order valence-electron chi connectivity index (χ0n) is 18.9. The fourth-order valence-corrected chi connectivity index (χ4v) is 4.42. The Morgan fingerprint density at radius 3 is 2.29 bits per heavy atom. The Morgan fingerprint density at radius 1 is 1.00 bits per heavy atom. The Morgan fingerprint density at radius 2 is 1.69 bits per heavy atom. The Labute approximate surface area is 206 Å². The molecule has 0 aliphatic heterocycles. The Bertz CT molecular complexity index is 1350. The minimum absolute atomic E-state index is 0.0857. The van der Waals surface area contributed by atoms with Crippen LogP contribution in [0.1, 0.15) is 52.7 Å². The lowest BCUT2D eigenvalue weighted by Crippen LogP contribution is -2.07.